The summed E-state index contributed by atoms with van der Waals surface area (Å²) < 4.78 is 0. The highest BCUT2D eigenvalue weighted by Gasteiger charge is 2.36. The molecule has 6 nitrogen and oxygen atoms in total. The molecule has 2 saturated heterocycles. The summed E-state index contributed by atoms with van der Waals surface area (Å²) in [4.78, 5) is 25.1. The second-order valence-electron chi connectivity index (χ2n) is 6.86. The Bertz CT molecular complexity index is 614. The first-order valence-electron chi connectivity index (χ1n) is 8.25. The highest BCUT2D eigenvalue weighted by atomic mass is 16.6. The number of likely N-dealkylation sites (tertiary alicyclic amines) is 1. The number of benzene rings is 1. The highest BCUT2D eigenvalue weighted by molar-refractivity contribution is 5.95. The van der Waals surface area contributed by atoms with Crippen LogP contribution in [0.25, 0.3) is 0 Å². The number of nitro benzene ring substituents is 1. The van der Waals surface area contributed by atoms with E-state index in [9.17, 15) is 14.9 Å². The topological polar surface area (TPSA) is 75.5 Å². The molecule has 0 radical (unpaired) electrons. The fraction of sp³-hybridized carbons (Fsp3) is 0.588. The van der Waals surface area contributed by atoms with Gasteiger partial charge in [-0.3, -0.25) is 14.9 Å². The van der Waals surface area contributed by atoms with Gasteiger partial charge < -0.3 is 10.2 Å². The van der Waals surface area contributed by atoms with Gasteiger partial charge in [0, 0.05) is 30.8 Å². The highest BCUT2D eigenvalue weighted by Crippen LogP contribution is 2.39. The first-order valence-corrected chi connectivity index (χ1v) is 8.25. The van der Waals surface area contributed by atoms with E-state index in [-0.39, 0.29) is 11.6 Å². The van der Waals surface area contributed by atoms with Crippen LogP contribution in [0.2, 0.25) is 0 Å². The molecular formula is C17H23N3O3. The average molecular weight is 317 g/mol. The number of nitrogens with one attached hydrogen (secondary N) is 1. The van der Waals surface area contributed by atoms with Crippen LogP contribution in [0.5, 0.6) is 0 Å². The molecule has 1 amide bonds. The normalized spacial score (nSPS) is 20.5. The van der Waals surface area contributed by atoms with Crippen molar-refractivity contribution in [2.75, 3.05) is 26.2 Å². The predicted molar refractivity (Wildman–Crippen MR) is 87.5 cm³/mol. The minimum absolute atomic E-state index is 0.0137. The van der Waals surface area contributed by atoms with Crippen molar-refractivity contribution >= 4 is 11.6 Å². The molecule has 1 N–H and O–H groups in total. The van der Waals surface area contributed by atoms with Gasteiger partial charge in [0.2, 0.25) is 0 Å². The molecule has 0 saturated carbocycles. The van der Waals surface area contributed by atoms with Gasteiger partial charge in [-0.25, -0.2) is 0 Å². The molecule has 1 spiro atoms. The quantitative estimate of drug-likeness (QED) is 0.672. The smallest absolute Gasteiger partial charge is 0.270 e. The molecule has 6 heteroatoms. The van der Waals surface area contributed by atoms with Crippen molar-refractivity contribution in [3.05, 3.63) is 39.4 Å². The van der Waals surface area contributed by atoms with Crippen molar-refractivity contribution in [1.29, 1.82) is 0 Å². The SMILES string of the molecule is Cc1cc(C(=O)N2CCC3(CCNCC3)CC2)cc([N+](=O)[O-])c1. The van der Waals surface area contributed by atoms with Gasteiger partial charge in [0.1, 0.15) is 0 Å². The van der Waals surface area contributed by atoms with Gasteiger partial charge in [0.05, 0.1) is 4.92 Å². The summed E-state index contributed by atoms with van der Waals surface area (Å²) in [6, 6.07) is 4.63. The third-order valence-corrected chi connectivity index (χ3v) is 5.30. The largest absolute Gasteiger partial charge is 0.339 e. The lowest BCUT2D eigenvalue weighted by Crippen LogP contribution is -2.47. The number of hydrogen-bond acceptors (Lipinski definition) is 4. The Morgan fingerprint density at radius 2 is 1.83 bits per heavy atom. The van der Waals surface area contributed by atoms with Crippen LogP contribution in [0.4, 0.5) is 5.69 Å². The molecule has 2 fully saturated rings. The molecule has 2 aliphatic heterocycles. The number of amides is 1. The lowest BCUT2D eigenvalue weighted by Gasteiger charge is -2.44. The number of nitro groups is 1. The number of non-ortho nitro benzene ring substituents is 1. The summed E-state index contributed by atoms with van der Waals surface area (Å²) in [5.41, 5.74) is 1.55. The van der Waals surface area contributed by atoms with Crippen LogP contribution in [0, 0.1) is 22.5 Å². The second kappa shape index (κ2) is 6.28. The van der Waals surface area contributed by atoms with Crippen molar-refractivity contribution in [2.24, 2.45) is 5.41 Å². The van der Waals surface area contributed by atoms with Gasteiger partial charge in [-0.2, -0.15) is 0 Å². The maximum Gasteiger partial charge on any atom is 0.270 e. The zero-order valence-electron chi connectivity index (χ0n) is 13.5. The summed E-state index contributed by atoms with van der Waals surface area (Å²) >= 11 is 0. The Balaban J connectivity index is 1.71. The first-order chi connectivity index (χ1) is 11.0. The third-order valence-electron chi connectivity index (χ3n) is 5.30. The minimum Gasteiger partial charge on any atom is -0.339 e. The van der Waals surface area contributed by atoms with E-state index in [1.807, 2.05) is 4.90 Å². The fourth-order valence-electron chi connectivity index (χ4n) is 3.82. The maximum absolute atomic E-state index is 12.7. The summed E-state index contributed by atoms with van der Waals surface area (Å²) in [7, 11) is 0. The second-order valence-corrected chi connectivity index (χ2v) is 6.86. The van der Waals surface area contributed by atoms with Crippen molar-refractivity contribution < 1.29 is 9.72 Å². The van der Waals surface area contributed by atoms with Gasteiger partial charge in [-0.15, -0.1) is 0 Å². The monoisotopic (exact) mass is 317 g/mol. The van der Waals surface area contributed by atoms with Crippen molar-refractivity contribution in [3.8, 4) is 0 Å². The zero-order chi connectivity index (χ0) is 16.4. The molecule has 0 aliphatic carbocycles. The van der Waals surface area contributed by atoms with E-state index in [0.29, 0.717) is 11.0 Å². The molecule has 0 unspecified atom stereocenters. The van der Waals surface area contributed by atoms with Crippen LogP contribution in [0.3, 0.4) is 0 Å². The van der Waals surface area contributed by atoms with Gasteiger partial charge in [-0.1, -0.05) is 0 Å². The van der Waals surface area contributed by atoms with E-state index < -0.39 is 4.92 Å². The number of piperidine rings is 2. The lowest BCUT2D eigenvalue weighted by atomic mass is 9.71. The van der Waals surface area contributed by atoms with E-state index in [4.69, 9.17) is 0 Å². The summed E-state index contributed by atoms with van der Waals surface area (Å²) in [6.07, 6.45) is 4.44. The molecule has 0 atom stereocenters. The number of nitrogens with zero attached hydrogens (tertiary/aromatic N) is 2. The van der Waals surface area contributed by atoms with Crippen molar-refractivity contribution in [1.82, 2.24) is 10.2 Å². The van der Waals surface area contributed by atoms with Crippen LogP contribution >= 0.6 is 0 Å². The van der Waals surface area contributed by atoms with E-state index in [1.165, 1.54) is 25.0 Å². The van der Waals surface area contributed by atoms with E-state index >= 15 is 0 Å². The summed E-state index contributed by atoms with van der Waals surface area (Å²) in [6.45, 7) is 5.42. The van der Waals surface area contributed by atoms with Gasteiger partial charge in [-0.05, 0) is 62.7 Å². The standard InChI is InChI=1S/C17H23N3O3/c1-13-10-14(12-15(11-13)20(22)23)16(21)19-8-4-17(5-9-19)2-6-18-7-3-17/h10-12,18H,2-9H2,1H3. The zero-order valence-corrected chi connectivity index (χ0v) is 13.5. The van der Waals surface area contributed by atoms with E-state index in [0.717, 1.165) is 44.6 Å². The first kappa shape index (κ1) is 15.9. The number of carbonyl (C=O) groups excluding carboxylic acids is 1. The number of carbonyl (C=O) groups is 1. The minimum atomic E-state index is -0.440. The average Bonchev–Trinajstić information content (AvgIpc) is 2.55. The molecule has 1 aromatic rings. The molecule has 3 rings (SSSR count). The molecule has 2 aliphatic rings. The summed E-state index contributed by atoms with van der Waals surface area (Å²) in [5, 5.41) is 14.4. The Morgan fingerprint density at radius 3 is 2.43 bits per heavy atom. The Morgan fingerprint density at radius 1 is 1.17 bits per heavy atom. The molecular weight excluding hydrogens is 294 g/mol. The van der Waals surface area contributed by atoms with Crippen LogP contribution < -0.4 is 5.32 Å². The fourth-order valence-corrected chi connectivity index (χ4v) is 3.82. The molecule has 1 aromatic carbocycles. The van der Waals surface area contributed by atoms with Crippen LogP contribution in [0.1, 0.15) is 41.6 Å². The van der Waals surface area contributed by atoms with Crippen LogP contribution in [-0.2, 0) is 0 Å². The molecule has 124 valence electrons. The molecule has 23 heavy (non-hydrogen) atoms. The van der Waals surface area contributed by atoms with Crippen molar-refractivity contribution in [2.45, 2.75) is 32.6 Å². The molecule has 0 aromatic heterocycles. The number of aryl methyl sites for hydroxylation is 1. The van der Waals surface area contributed by atoms with Crippen LogP contribution in [-0.4, -0.2) is 41.9 Å². The summed E-state index contributed by atoms with van der Waals surface area (Å²) in [5.74, 6) is -0.0828. The van der Waals surface area contributed by atoms with Gasteiger partial charge in [0.25, 0.3) is 11.6 Å². The predicted octanol–water partition coefficient (Wildman–Crippen LogP) is 2.51. The molecule has 0 bridgehead atoms. The maximum atomic E-state index is 12.7. The van der Waals surface area contributed by atoms with E-state index in [1.54, 1.807) is 13.0 Å². The Labute approximate surface area is 136 Å². The Kier molecular flexibility index (Phi) is 4.35. The lowest BCUT2D eigenvalue weighted by molar-refractivity contribution is -0.384. The van der Waals surface area contributed by atoms with E-state index in [2.05, 4.69) is 5.32 Å². The molecule has 2 heterocycles. The Hall–Kier alpha value is -1.95. The number of hydrogen-bond donors (Lipinski definition) is 1. The van der Waals surface area contributed by atoms with Crippen LogP contribution in [0.15, 0.2) is 18.2 Å². The van der Waals surface area contributed by atoms with Gasteiger partial charge >= 0.3 is 0 Å². The van der Waals surface area contributed by atoms with Crippen molar-refractivity contribution in [3.63, 3.8) is 0 Å². The van der Waals surface area contributed by atoms with Gasteiger partial charge in [0.15, 0.2) is 0 Å². The number of rotatable bonds is 2. The third kappa shape index (κ3) is 3.37.